The first-order valence-corrected chi connectivity index (χ1v) is 7.45. The maximum Gasteiger partial charge on any atom is 0.259 e. The van der Waals surface area contributed by atoms with Gasteiger partial charge in [0.2, 0.25) is 0 Å². The minimum Gasteiger partial charge on any atom is -0.307 e. The summed E-state index contributed by atoms with van der Waals surface area (Å²) in [6.45, 7) is 0. The van der Waals surface area contributed by atoms with Crippen LogP contribution in [0, 0.1) is 11.6 Å². The van der Waals surface area contributed by atoms with Crippen LogP contribution in [0.15, 0.2) is 30.5 Å². The predicted molar refractivity (Wildman–Crippen MR) is 78.7 cm³/mol. The van der Waals surface area contributed by atoms with E-state index >= 15 is 0 Å². The van der Waals surface area contributed by atoms with E-state index < -0.39 is 17.5 Å². The van der Waals surface area contributed by atoms with E-state index in [0.717, 1.165) is 37.8 Å². The molecule has 22 heavy (non-hydrogen) atoms. The lowest BCUT2D eigenvalue weighted by atomic mass is 9.96. The van der Waals surface area contributed by atoms with Gasteiger partial charge in [0.25, 0.3) is 5.91 Å². The molecule has 1 heterocycles. The van der Waals surface area contributed by atoms with E-state index in [1.165, 1.54) is 6.42 Å². The Morgan fingerprint density at radius 3 is 2.68 bits per heavy atom. The van der Waals surface area contributed by atoms with Gasteiger partial charge in [0.1, 0.15) is 17.5 Å². The molecule has 1 aliphatic carbocycles. The summed E-state index contributed by atoms with van der Waals surface area (Å²) in [5.41, 5.74) is -0.183. The zero-order chi connectivity index (χ0) is 15.5. The smallest absolute Gasteiger partial charge is 0.259 e. The lowest BCUT2D eigenvalue weighted by Gasteiger charge is -2.23. The van der Waals surface area contributed by atoms with E-state index in [9.17, 15) is 13.6 Å². The first-order valence-electron chi connectivity index (χ1n) is 7.45. The average Bonchev–Trinajstić information content (AvgIpc) is 2.96. The largest absolute Gasteiger partial charge is 0.307 e. The number of rotatable bonds is 3. The molecule has 0 spiro atoms. The van der Waals surface area contributed by atoms with Crippen molar-refractivity contribution in [2.45, 2.75) is 38.1 Å². The van der Waals surface area contributed by atoms with Gasteiger partial charge in [-0.1, -0.05) is 19.3 Å². The zero-order valence-electron chi connectivity index (χ0n) is 12.1. The van der Waals surface area contributed by atoms with Crippen LogP contribution in [0.25, 0.3) is 0 Å². The van der Waals surface area contributed by atoms with Crippen molar-refractivity contribution >= 4 is 11.7 Å². The molecule has 1 saturated carbocycles. The van der Waals surface area contributed by atoms with Gasteiger partial charge in [-0.05, 0) is 25.0 Å². The Kier molecular flexibility index (Phi) is 4.18. The Morgan fingerprint density at radius 2 is 1.95 bits per heavy atom. The summed E-state index contributed by atoms with van der Waals surface area (Å²) in [6.07, 6.45) is 7.17. The first kappa shape index (κ1) is 14.7. The highest BCUT2D eigenvalue weighted by Crippen LogP contribution is 2.30. The van der Waals surface area contributed by atoms with Gasteiger partial charge in [0, 0.05) is 12.1 Å². The van der Waals surface area contributed by atoms with Gasteiger partial charge in [-0.15, -0.1) is 0 Å². The van der Waals surface area contributed by atoms with Crippen LogP contribution in [0.2, 0.25) is 0 Å². The van der Waals surface area contributed by atoms with Gasteiger partial charge in [-0.3, -0.25) is 4.79 Å². The molecule has 0 saturated heterocycles. The maximum atomic E-state index is 13.7. The Bertz CT molecular complexity index is 678. The summed E-state index contributed by atoms with van der Waals surface area (Å²) < 4.78 is 28.4. The molecule has 0 aliphatic heterocycles. The van der Waals surface area contributed by atoms with Crippen LogP contribution in [0.5, 0.6) is 0 Å². The van der Waals surface area contributed by atoms with Crippen LogP contribution < -0.4 is 5.32 Å². The molecule has 2 aromatic rings. The molecule has 0 bridgehead atoms. The van der Waals surface area contributed by atoms with Crippen molar-refractivity contribution in [3.63, 3.8) is 0 Å². The molecule has 1 aromatic heterocycles. The van der Waals surface area contributed by atoms with E-state index in [1.807, 2.05) is 0 Å². The highest BCUT2D eigenvalue weighted by molar-refractivity contribution is 6.04. The number of aromatic nitrogens is 2. The second kappa shape index (κ2) is 6.25. The molecule has 1 aliphatic rings. The van der Waals surface area contributed by atoms with Crippen LogP contribution in [0.1, 0.15) is 48.5 Å². The fourth-order valence-electron chi connectivity index (χ4n) is 2.89. The van der Waals surface area contributed by atoms with E-state index in [-0.39, 0.29) is 11.6 Å². The number of carbonyl (C=O) groups excluding carboxylic acids is 1. The van der Waals surface area contributed by atoms with Gasteiger partial charge >= 0.3 is 0 Å². The maximum absolute atomic E-state index is 13.7. The van der Waals surface area contributed by atoms with Crippen LogP contribution in [-0.4, -0.2) is 15.7 Å². The molecule has 0 radical (unpaired) electrons. The van der Waals surface area contributed by atoms with Crippen molar-refractivity contribution in [3.05, 3.63) is 47.7 Å². The quantitative estimate of drug-likeness (QED) is 0.934. The predicted octanol–water partition coefficient (Wildman–Crippen LogP) is 3.92. The lowest BCUT2D eigenvalue weighted by Crippen LogP contribution is -2.21. The third-order valence-corrected chi connectivity index (χ3v) is 4.01. The van der Waals surface area contributed by atoms with Crippen molar-refractivity contribution in [3.8, 4) is 0 Å². The number of nitrogens with one attached hydrogen (secondary N) is 1. The number of hydrogen-bond acceptors (Lipinski definition) is 2. The molecule has 1 amide bonds. The normalized spacial score (nSPS) is 15.7. The van der Waals surface area contributed by atoms with Crippen LogP contribution in [0.4, 0.5) is 14.6 Å². The Labute approximate surface area is 127 Å². The van der Waals surface area contributed by atoms with Gasteiger partial charge in [0.15, 0.2) is 0 Å². The molecular weight excluding hydrogens is 288 g/mol. The van der Waals surface area contributed by atoms with E-state index in [4.69, 9.17) is 0 Å². The fraction of sp³-hybridized carbons (Fsp3) is 0.375. The SMILES string of the molecule is O=C(Nc1ccnn1C1CCCCC1)c1ccc(F)cc1F. The second-order valence-electron chi connectivity index (χ2n) is 5.53. The zero-order valence-corrected chi connectivity index (χ0v) is 12.1. The number of anilines is 1. The third kappa shape index (κ3) is 3.00. The first-order chi connectivity index (χ1) is 10.6. The van der Waals surface area contributed by atoms with Crippen LogP contribution in [0.3, 0.4) is 0 Å². The number of halogens is 2. The summed E-state index contributed by atoms with van der Waals surface area (Å²) in [4.78, 5) is 12.2. The standard InChI is InChI=1S/C16H17F2N3O/c17-11-6-7-13(14(18)10-11)16(22)20-15-8-9-19-21(15)12-4-2-1-3-5-12/h6-10,12H,1-5H2,(H,20,22). The van der Waals surface area contributed by atoms with Crippen molar-refractivity contribution in [2.24, 2.45) is 0 Å². The summed E-state index contributed by atoms with van der Waals surface area (Å²) in [6, 6.07) is 4.86. The molecule has 116 valence electrons. The summed E-state index contributed by atoms with van der Waals surface area (Å²) in [7, 11) is 0. The Balaban J connectivity index is 1.78. The molecule has 6 heteroatoms. The van der Waals surface area contributed by atoms with Crippen molar-refractivity contribution in [1.82, 2.24) is 9.78 Å². The molecular formula is C16H17F2N3O. The molecule has 1 fully saturated rings. The third-order valence-electron chi connectivity index (χ3n) is 4.01. The van der Waals surface area contributed by atoms with Gasteiger partial charge in [-0.25, -0.2) is 13.5 Å². The molecule has 1 aromatic carbocycles. The number of amides is 1. The number of carbonyl (C=O) groups is 1. The minimum absolute atomic E-state index is 0.183. The molecule has 0 unspecified atom stereocenters. The van der Waals surface area contributed by atoms with Gasteiger partial charge in [0.05, 0.1) is 17.8 Å². The summed E-state index contributed by atoms with van der Waals surface area (Å²) >= 11 is 0. The Hall–Kier alpha value is -2.24. The number of benzene rings is 1. The number of hydrogen-bond donors (Lipinski definition) is 1. The van der Waals surface area contributed by atoms with Crippen LogP contribution in [-0.2, 0) is 0 Å². The van der Waals surface area contributed by atoms with Gasteiger partial charge < -0.3 is 5.32 Å². The summed E-state index contributed by atoms with van der Waals surface area (Å²) in [5.74, 6) is -1.64. The van der Waals surface area contributed by atoms with Crippen molar-refractivity contribution in [2.75, 3.05) is 5.32 Å². The monoisotopic (exact) mass is 305 g/mol. The molecule has 3 rings (SSSR count). The highest BCUT2D eigenvalue weighted by Gasteiger charge is 2.20. The van der Waals surface area contributed by atoms with E-state index in [2.05, 4.69) is 10.4 Å². The van der Waals surface area contributed by atoms with Crippen LogP contribution >= 0.6 is 0 Å². The Morgan fingerprint density at radius 1 is 1.18 bits per heavy atom. The molecule has 4 nitrogen and oxygen atoms in total. The summed E-state index contributed by atoms with van der Waals surface area (Å²) in [5, 5.41) is 6.93. The van der Waals surface area contributed by atoms with Gasteiger partial charge in [-0.2, -0.15) is 5.10 Å². The van der Waals surface area contributed by atoms with Crippen molar-refractivity contribution < 1.29 is 13.6 Å². The lowest BCUT2D eigenvalue weighted by molar-refractivity contribution is 0.102. The minimum atomic E-state index is -0.874. The fourth-order valence-corrected chi connectivity index (χ4v) is 2.89. The van der Waals surface area contributed by atoms with Crippen molar-refractivity contribution in [1.29, 1.82) is 0 Å². The molecule has 1 N–H and O–H groups in total. The van der Waals surface area contributed by atoms with E-state index in [1.54, 1.807) is 16.9 Å². The van der Waals surface area contributed by atoms with E-state index in [0.29, 0.717) is 11.9 Å². The average molecular weight is 305 g/mol. The second-order valence-corrected chi connectivity index (χ2v) is 5.53. The topological polar surface area (TPSA) is 46.9 Å². The highest BCUT2D eigenvalue weighted by atomic mass is 19.1. The molecule has 0 atom stereocenters. The number of nitrogens with zero attached hydrogens (tertiary/aromatic N) is 2.